The zero-order valence-corrected chi connectivity index (χ0v) is 25.5. The number of fused-ring (bicyclic) bond motifs is 3. The number of hydrogen-bond acceptors (Lipinski definition) is 8. The highest BCUT2D eigenvalue weighted by Gasteiger charge is 2.47. The third-order valence-corrected chi connectivity index (χ3v) is 9.49. The van der Waals surface area contributed by atoms with Crippen LogP contribution < -0.4 is 15.0 Å². The van der Waals surface area contributed by atoms with Gasteiger partial charge in [-0.1, -0.05) is 18.1 Å². The average Bonchev–Trinajstić information content (AvgIpc) is 3.61. The minimum atomic E-state index is -0.683. The minimum Gasteiger partial charge on any atom is -0.508 e. The molecule has 0 aliphatic carbocycles. The van der Waals surface area contributed by atoms with Crippen molar-refractivity contribution in [3.05, 3.63) is 65.5 Å². The van der Waals surface area contributed by atoms with Crippen LogP contribution in [0.3, 0.4) is 0 Å². The fourth-order valence-electron chi connectivity index (χ4n) is 7.40. The van der Waals surface area contributed by atoms with Gasteiger partial charge in [-0.15, -0.1) is 6.42 Å². The van der Waals surface area contributed by atoms with E-state index in [1.807, 2.05) is 0 Å². The molecule has 0 saturated carbocycles. The molecule has 0 spiro atoms. The molecule has 46 heavy (non-hydrogen) atoms. The highest BCUT2D eigenvalue weighted by atomic mass is 19.1. The zero-order valence-electron chi connectivity index (χ0n) is 25.5. The number of halogens is 3. The third kappa shape index (κ3) is 5.20. The molecule has 3 fully saturated rings. The number of phenols is 1. The Balaban J connectivity index is 1.37. The number of aromatic nitrogens is 2. The first-order valence-corrected chi connectivity index (χ1v) is 15.4. The van der Waals surface area contributed by atoms with Crippen molar-refractivity contribution in [1.82, 2.24) is 20.2 Å². The number of ether oxygens (including phenoxy) is 2. The smallest absolute Gasteiger partial charge is 0.319 e. The number of phenolic OH excluding ortho intramolecular Hbond substituents is 1. The van der Waals surface area contributed by atoms with E-state index >= 15 is 4.39 Å². The van der Waals surface area contributed by atoms with Crippen molar-refractivity contribution < 1.29 is 27.8 Å². The van der Waals surface area contributed by atoms with Crippen LogP contribution >= 0.6 is 0 Å². The van der Waals surface area contributed by atoms with Gasteiger partial charge in [0.2, 0.25) is 0 Å². The molecule has 3 aliphatic heterocycles. The van der Waals surface area contributed by atoms with Crippen molar-refractivity contribution in [1.29, 1.82) is 0 Å². The molecule has 3 saturated heterocycles. The fourth-order valence-corrected chi connectivity index (χ4v) is 7.40. The molecule has 4 aromatic rings. The van der Waals surface area contributed by atoms with Crippen LogP contribution in [0.2, 0.25) is 0 Å². The molecule has 4 heterocycles. The summed E-state index contributed by atoms with van der Waals surface area (Å²) in [5.41, 5.74) is 0.687. The van der Waals surface area contributed by atoms with E-state index in [0.29, 0.717) is 67.5 Å². The Morgan fingerprint density at radius 3 is 2.85 bits per heavy atom. The van der Waals surface area contributed by atoms with Crippen LogP contribution in [0, 0.1) is 24.0 Å². The maximum absolute atomic E-state index is 16.8. The average molecular weight is 630 g/mol. The maximum Gasteiger partial charge on any atom is 0.319 e. The summed E-state index contributed by atoms with van der Waals surface area (Å²) in [5, 5.41) is 15.2. The topological polar surface area (TPSA) is 83.0 Å². The Bertz CT molecular complexity index is 1910. The monoisotopic (exact) mass is 629 g/mol. The van der Waals surface area contributed by atoms with Gasteiger partial charge in [-0.2, -0.15) is 9.97 Å². The SMILES string of the molecule is C#Cc1c(F)ccc2cc(O)cc(-c3ccc4c(N5CCNC(COC)C5)nc(OCC56CCCN5C/C(=C\F)C6)nc4c3F)c12. The van der Waals surface area contributed by atoms with Gasteiger partial charge in [-0.25, -0.2) is 13.2 Å². The molecule has 238 valence electrons. The predicted molar refractivity (Wildman–Crippen MR) is 171 cm³/mol. The summed E-state index contributed by atoms with van der Waals surface area (Å²) in [6.07, 6.45) is 8.75. The van der Waals surface area contributed by atoms with Crippen molar-refractivity contribution in [3.63, 3.8) is 0 Å². The summed E-state index contributed by atoms with van der Waals surface area (Å²) in [6.45, 7) is 3.97. The van der Waals surface area contributed by atoms with E-state index < -0.39 is 11.6 Å². The number of hydrogen-bond donors (Lipinski definition) is 2. The summed E-state index contributed by atoms with van der Waals surface area (Å²) in [5.74, 6) is 1.48. The predicted octanol–water partition coefficient (Wildman–Crippen LogP) is 5.31. The lowest BCUT2D eigenvalue weighted by Crippen LogP contribution is -2.53. The van der Waals surface area contributed by atoms with Crippen LogP contribution in [-0.4, -0.2) is 84.6 Å². The van der Waals surface area contributed by atoms with Gasteiger partial charge in [-0.3, -0.25) is 4.90 Å². The van der Waals surface area contributed by atoms with Crippen molar-refractivity contribution in [2.75, 3.05) is 57.9 Å². The minimum absolute atomic E-state index is 0.00963. The molecule has 3 aromatic carbocycles. The normalized spacial score (nSPS) is 22.5. The number of nitrogens with one attached hydrogen (secondary N) is 1. The molecule has 0 amide bonds. The van der Waals surface area contributed by atoms with E-state index in [4.69, 9.17) is 20.9 Å². The summed E-state index contributed by atoms with van der Waals surface area (Å²) in [6, 6.07) is 8.92. The first-order valence-electron chi connectivity index (χ1n) is 15.4. The van der Waals surface area contributed by atoms with E-state index in [2.05, 4.69) is 26.0 Å². The Labute approximate surface area is 264 Å². The first-order chi connectivity index (χ1) is 22.3. The first kappa shape index (κ1) is 30.3. The van der Waals surface area contributed by atoms with Gasteiger partial charge in [0.25, 0.3) is 0 Å². The van der Waals surface area contributed by atoms with Gasteiger partial charge in [0.1, 0.15) is 29.5 Å². The molecule has 7 rings (SSSR count). The molecule has 8 nitrogen and oxygen atoms in total. The number of piperazine rings is 1. The molecule has 3 aliphatic rings. The van der Waals surface area contributed by atoms with Crippen molar-refractivity contribution in [2.24, 2.45) is 0 Å². The second-order valence-electron chi connectivity index (χ2n) is 12.3. The highest BCUT2D eigenvalue weighted by molar-refractivity contribution is 6.04. The zero-order chi connectivity index (χ0) is 32.0. The van der Waals surface area contributed by atoms with Crippen molar-refractivity contribution in [3.8, 4) is 35.2 Å². The number of methoxy groups -OCH3 is 1. The lowest BCUT2D eigenvalue weighted by Gasteiger charge is -2.35. The number of terminal acetylenes is 1. The number of aromatic hydroxyl groups is 1. The van der Waals surface area contributed by atoms with Crippen LogP contribution in [-0.2, 0) is 4.74 Å². The lowest BCUT2D eigenvalue weighted by molar-refractivity contribution is 0.108. The summed E-state index contributed by atoms with van der Waals surface area (Å²) < 4.78 is 56.9. The standard InChI is InChI=1S/C35H34F3N5O3/c1-3-25-29(37)8-5-22-13-24(44)14-28(30(22)25)26-6-7-27-32(31(26)38)40-34(41-33(27)42-12-10-39-23(18-42)19-45-2)46-20-35-9-4-11-43(35)17-21(15-35)16-36/h1,5-8,13-14,16,23,39,44H,4,9-12,15,17-20H2,2H3/b21-16-. The van der Waals surface area contributed by atoms with Crippen LogP contribution in [0.1, 0.15) is 24.8 Å². The van der Waals surface area contributed by atoms with Gasteiger partial charge in [0, 0.05) is 55.7 Å². The van der Waals surface area contributed by atoms with Gasteiger partial charge in [-0.05, 0) is 66.6 Å². The van der Waals surface area contributed by atoms with Crippen molar-refractivity contribution >= 4 is 27.5 Å². The Kier molecular flexibility index (Phi) is 7.97. The number of nitrogens with zero attached hydrogens (tertiary/aromatic N) is 4. The molecule has 11 heteroatoms. The second kappa shape index (κ2) is 12.1. The lowest BCUT2D eigenvalue weighted by atomic mass is 9.93. The Hall–Kier alpha value is -4.37. The molecule has 2 N–H and O–H groups in total. The quantitative estimate of drug-likeness (QED) is 0.267. The van der Waals surface area contributed by atoms with E-state index in [-0.39, 0.29) is 52.2 Å². The Morgan fingerprint density at radius 2 is 2.04 bits per heavy atom. The summed E-state index contributed by atoms with van der Waals surface area (Å²) >= 11 is 0. The van der Waals surface area contributed by atoms with Gasteiger partial charge in [0.05, 0.1) is 24.0 Å². The second-order valence-corrected chi connectivity index (χ2v) is 12.3. The van der Waals surface area contributed by atoms with Crippen LogP contribution in [0.25, 0.3) is 32.8 Å². The van der Waals surface area contributed by atoms with Gasteiger partial charge in [0.15, 0.2) is 5.82 Å². The van der Waals surface area contributed by atoms with E-state index in [1.165, 1.54) is 24.3 Å². The number of benzene rings is 3. The largest absolute Gasteiger partial charge is 0.508 e. The molecular formula is C35H34F3N5O3. The number of rotatable bonds is 7. The molecule has 1 aromatic heterocycles. The van der Waals surface area contributed by atoms with Crippen LogP contribution in [0.4, 0.5) is 19.0 Å². The molecule has 2 unspecified atom stereocenters. The van der Waals surface area contributed by atoms with Crippen LogP contribution in [0.15, 0.2) is 48.3 Å². The Morgan fingerprint density at radius 1 is 1.17 bits per heavy atom. The highest BCUT2D eigenvalue weighted by Crippen LogP contribution is 2.43. The molecule has 0 bridgehead atoms. The number of anilines is 1. The summed E-state index contributed by atoms with van der Waals surface area (Å²) in [7, 11) is 1.64. The van der Waals surface area contributed by atoms with Crippen LogP contribution in [0.5, 0.6) is 11.8 Å². The van der Waals surface area contributed by atoms with E-state index in [1.54, 1.807) is 19.2 Å². The van der Waals surface area contributed by atoms with Gasteiger partial charge < -0.3 is 24.8 Å². The van der Waals surface area contributed by atoms with Crippen molar-refractivity contribution in [2.45, 2.75) is 30.8 Å². The maximum atomic E-state index is 16.8. The van der Waals surface area contributed by atoms with E-state index in [0.717, 1.165) is 25.0 Å². The molecule has 2 atom stereocenters. The van der Waals surface area contributed by atoms with E-state index in [9.17, 15) is 13.9 Å². The summed E-state index contributed by atoms with van der Waals surface area (Å²) in [4.78, 5) is 13.7. The third-order valence-electron chi connectivity index (χ3n) is 9.49. The molecule has 0 radical (unpaired) electrons. The van der Waals surface area contributed by atoms with Gasteiger partial charge >= 0.3 is 6.01 Å². The fraction of sp³-hybridized carbons (Fsp3) is 0.371. The molecular weight excluding hydrogens is 595 g/mol.